The number of amides is 1. The van der Waals surface area contributed by atoms with Crippen molar-refractivity contribution in [1.29, 1.82) is 0 Å². The Morgan fingerprint density at radius 1 is 1.33 bits per heavy atom. The molecule has 1 saturated heterocycles. The van der Waals surface area contributed by atoms with Gasteiger partial charge in [-0.2, -0.15) is 0 Å². The first kappa shape index (κ1) is 16.7. The van der Waals surface area contributed by atoms with Crippen molar-refractivity contribution < 1.29 is 17.6 Å². The normalized spacial score (nSPS) is 19.3. The molecule has 24 heavy (non-hydrogen) atoms. The number of oxazole rings is 1. The SMILES string of the molecule is Cc1ccc(-c2ocnc2C(=O)N(C)C[C@H]2CCS(=O)(=O)C2)cc1. The van der Waals surface area contributed by atoms with Crippen LogP contribution in [0.15, 0.2) is 35.1 Å². The molecule has 1 aromatic heterocycles. The summed E-state index contributed by atoms with van der Waals surface area (Å²) in [5.41, 5.74) is 2.16. The van der Waals surface area contributed by atoms with Gasteiger partial charge < -0.3 is 9.32 Å². The lowest BCUT2D eigenvalue weighted by Gasteiger charge is -2.19. The standard InChI is InChI=1S/C17H20N2O4S/c1-12-3-5-14(6-4-12)16-15(18-11-23-16)17(20)19(2)9-13-7-8-24(21,22)10-13/h3-6,11,13H,7-10H2,1-2H3/t13-/m1/s1. The molecule has 1 aliphatic rings. The predicted octanol–water partition coefficient (Wildman–Crippen LogP) is 2.16. The molecule has 1 aliphatic heterocycles. The summed E-state index contributed by atoms with van der Waals surface area (Å²) >= 11 is 0. The Morgan fingerprint density at radius 3 is 2.67 bits per heavy atom. The van der Waals surface area contributed by atoms with Crippen molar-refractivity contribution in [2.75, 3.05) is 25.1 Å². The Kier molecular flexibility index (Phi) is 4.45. The van der Waals surface area contributed by atoms with Crippen molar-refractivity contribution in [3.8, 4) is 11.3 Å². The molecule has 1 aromatic carbocycles. The molecule has 1 amide bonds. The minimum atomic E-state index is -2.95. The van der Waals surface area contributed by atoms with E-state index in [2.05, 4.69) is 4.98 Å². The van der Waals surface area contributed by atoms with Crippen LogP contribution in [0.25, 0.3) is 11.3 Å². The van der Waals surface area contributed by atoms with Crippen molar-refractivity contribution in [1.82, 2.24) is 9.88 Å². The number of carbonyl (C=O) groups excluding carboxylic acids is 1. The zero-order valence-corrected chi connectivity index (χ0v) is 14.5. The van der Waals surface area contributed by atoms with Gasteiger partial charge in [-0.15, -0.1) is 0 Å². The topological polar surface area (TPSA) is 80.5 Å². The maximum atomic E-state index is 12.7. The zero-order chi connectivity index (χ0) is 17.3. The van der Waals surface area contributed by atoms with Crippen molar-refractivity contribution >= 4 is 15.7 Å². The number of sulfone groups is 1. The molecule has 0 saturated carbocycles. The Labute approximate surface area is 141 Å². The number of rotatable bonds is 4. The molecule has 0 spiro atoms. The first-order valence-corrected chi connectivity index (χ1v) is 9.64. The highest BCUT2D eigenvalue weighted by molar-refractivity contribution is 7.91. The largest absolute Gasteiger partial charge is 0.443 e. The van der Waals surface area contributed by atoms with Crippen LogP contribution in [0.4, 0.5) is 0 Å². The van der Waals surface area contributed by atoms with E-state index in [4.69, 9.17) is 4.42 Å². The number of aromatic nitrogens is 1. The van der Waals surface area contributed by atoms with Gasteiger partial charge in [0.25, 0.3) is 5.91 Å². The summed E-state index contributed by atoms with van der Waals surface area (Å²) in [7, 11) is -1.28. The minimum Gasteiger partial charge on any atom is -0.443 e. The van der Waals surface area contributed by atoms with Crippen molar-refractivity contribution in [2.24, 2.45) is 5.92 Å². The van der Waals surface area contributed by atoms with Gasteiger partial charge in [0.15, 0.2) is 27.7 Å². The molecule has 3 rings (SSSR count). The third-order valence-electron chi connectivity index (χ3n) is 4.29. The number of hydrogen-bond acceptors (Lipinski definition) is 5. The van der Waals surface area contributed by atoms with E-state index in [-0.39, 0.29) is 29.0 Å². The second-order valence-electron chi connectivity index (χ2n) is 6.35. The van der Waals surface area contributed by atoms with Crippen molar-refractivity contribution in [3.05, 3.63) is 41.9 Å². The molecule has 0 radical (unpaired) electrons. The summed E-state index contributed by atoms with van der Waals surface area (Å²) in [5.74, 6) is 0.514. The van der Waals surface area contributed by atoms with Crippen LogP contribution in [0, 0.1) is 12.8 Å². The number of nitrogens with zero attached hydrogens (tertiary/aromatic N) is 2. The zero-order valence-electron chi connectivity index (χ0n) is 13.7. The Bertz CT molecular complexity index is 840. The van der Waals surface area contributed by atoms with Crippen molar-refractivity contribution in [3.63, 3.8) is 0 Å². The second kappa shape index (κ2) is 6.39. The van der Waals surface area contributed by atoms with Gasteiger partial charge >= 0.3 is 0 Å². The third kappa shape index (κ3) is 3.51. The monoisotopic (exact) mass is 348 g/mol. The molecule has 0 aliphatic carbocycles. The van der Waals surface area contributed by atoms with Gasteiger partial charge in [-0.1, -0.05) is 29.8 Å². The summed E-state index contributed by atoms with van der Waals surface area (Å²) < 4.78 is 28.5. The lowest BCUT2D eigenvalue weighted by molar-refractivity contribution is 0.0772. The predicted molar refractivity (Wildman–Crippen MR) is 90.4 cm³/mol. The van der Waals surface area contributed by atoms with E-state index in [0.717, 1.165) is 11.1 Å². The Morgan fingerprint density at radius 2 is 2.04 bits per heavy atom. The van der Waals surface area contributed by atoms with Crippen LogP contribution in [-0.4, -0.2) is 49.3 Å². The fourth-order valence-corrected chi connectivity index (χ4v) is 4.82. The van der Waals surface area contributed by atoms with Gasteiger partial charge in [0.2, 0.25) is 0 Å². The first-order valence-electron chi connectivity index (χ1n) is 7.82. The molecular weight excluding hydrogens is 328 g/mol. The van der Waals surface area contributed by atoms with E-state index in [1.807, 2.05) is 31.2 Å². The van der Waals surface area contributed by atoms with Gasteiger partial charge in [-0.25, -0.2) is 13.4 Å². The van der Waals surface area contributed by atoms with Crippen molar-refractivity contribution in [2.45, 2.75) is 13.3 Å². The van der Waals surface area contributed by atoms with E-state index in [9.17, 15) is 13.2 Å². The molecule has 6 nitrogen and oxygen atoms in total. The number of carbonyl (C=O) groups is 1. The average molecular weight is 348 g/mol. The van der Waals surface area contributed by atoms with Gasteiger partial charge in [0.05, 0.1) is 11.5 Å². The molecule has 128 valence electrons. The van der Waals surface area contributed by atoms with Crippen LogP contribution in [0.1, 0.15) is 22.5 Å². The minimum absolute atomic E-state index is 0.0151. The molecule has 0 bridgehead atoms. The highest BCUT2D eigenvalue weighted by Gasteiger charge is 2.30. The highest BCUT2D eigenvalue weighted by atomic mass is 32.2. The molecular formula is C17H20N2O4S. The molecule has 0 unspecified atom stereocenters. The molecule has 1 atom stereocenters. The van der Waals surface area contributed by atoms with Crippen LogP contribution in [0.3, 0.4) is 0 Å². The number of aryl methyl sites for hydroxylation is 1. The van der Waals surface area contributed by atoms with E-state index in [1.165, 1.54) is 11.3 Å². The summed E-state index contributed by atoms with van der Waals surface area (Å²) in [5, 5.41) is 0. The van der Waals surface area contributed by atoms with Gasteiger partial charge in [0, 0.05) is 19.2 Å². The quantitative estimate of drug-likeness (QED) is 0.846. The molecule has 2 heterocycles. The van der Waals surface area contributed by atoms with Crippen LogP contribution in [0.5, 0.6) is 0 Å². The van der Waals surface area contributed by atoms with E-state index >= 15 is 0 Å². The highest BCUT2D eigenvalue weighted by Crippen LogP contribution is 2.25. The fourth-order valence-electron chi connectivity index (χ4n) is 2.98. The smallest absolute Gasteiger partial charge is 0.276 e. The molecule has 7 heteroatoms. The first-order chi connectivity index (χ1) is 11.4. The van der Waals surface area contributed by atoms with Gasteiger partial charge in [-0.05, 0) is 19.3 Å². The summed E-state index contributed by atoms with van der Waals surface area (Å²) in [6.45, 7) is 2.39. The van der Waals surface area contributed by atoms with Crippen LogP contribution >= 0.6 is 0 Å². The fraction of sp³-hybridized carbons (Fsp3) is 0.412. The molecule has 1 fully saturated rings. The van der Waals surface area contributed by atoms with E-state index in [1.54, 1.807) is 7.05 Å². The van der Waals surface area contributed by atoms with E-state index in [0.29, 0.717) is 18.7 Å². The number of hydrogen-bond donors (Lipinski definition) is 0. The van der Waals surface area contributed by atoms with Gasteiger partial charge in [0.1, 0.15) is 0 Å². The maximum Gasteiger partial charge on any atom is 0.276 e. The molecule has 2 aromatic rings. The van der Waals surface area contributed by atoms with Crippen LogP contribution in [0.2, 0.25) is 0 Å². The summed E-state index contributed by atoms with van der Waals surface area (Å²) in [6, 6.07) is 7.66. The number of benzene rings is 1. The summed E-state index contributed by atoms with van der Waals surface area (Å²) in [6.07, 6.45) is 1.86. The maximum absolute atomic E-state index is 12.7. The lowest BCUT2D eigenvalue weighted by Crippen LogP contribution is -2.32. The molecule has 0 N–H and O–H groups in total. The van der Waals surface area contributed by atoms with Crippen LogP contribution < -0.4 is 0 Å². The Hall–Kier alpha value is -2.15. The summed E-state index contributed by atoms with van der Waals surface area (Å²) in [4.78, 5) is 18.3. The Balaban J connectivity index is 1.76. The average Bonchev–Trinajstić information content (AvgIpc) is 3.14. The third-order valence-corrected chi connectivity index (χ3v) is 6.13. The lowest BCUT2D eigenvalue weighted by atomic mass is 10.1. The van der Waals surface area contributed by atoms with Crippen LogP contribution in [-0.2, 0) is 9.84 Å². The van der Waals surface area contributed by atoms with E-state index < -0.39 is 9.84 Å². The van der Waals surface area contributed by atoms with Gasteiger partial charge in [-0.3, -0.25) is 4.79 Å². The second-order valence-corrected chi connectivity index (χ2v) is 8.58.